The summed E-state index contributed by atoms with van der Waals surface area (Å²) in [7, 11) is -3.03. The number of hydrogen-bond acceptors (Lipinski definition) is 3. The largest absolute Gasteiger partial charge is 0.323 e. The van der Waals surface area contributed by atoms with E-state index in [2.05, 4.69) is 12.1 Å². The van der Waals surface area contributed by atoms with Crippen molar-refractivity contribution >= 4 is 9.84 Å². The van der Waals surface area contributed by atoms with Crippen LogP contribution in [0, 0.1) is 0 Å². The maximum atomic E-state index is 11.2. The first-order chi connectivity index (χ1) is 8.96. The summed E-state index contributed by atoms with van der Waals surface area (Å²) in [5.74, 6) is 0.685. The van der Waals surface area contributed by atoms with E-state index in [4.69, 9.17) is 5.73 Å². The number of sulfone groups is 1. The number of rotatable bonds is 4. The van der Waals surface area contributed by atoms with E-state index in [9.17, 15) is 8.42 Å². The lowest BCUT2D eigenvalue weighted by Crippen LogP contribution is -2.20. The molecule has 2 N–H and O–H groups in total. The first-order valence-corrected chi connectivity index (χ1v) is 9.05. The van der Waals surface area contributed by atoms with Gasteiger partial charge in [0.2, 0.25) is 0 Å². The maximum Gasteiger partial charge on any atom is 0.149 e. The highest BCUT2D eigenvalue weighted by atomic mass is 32.2. The molecule has 106 valence electrons. The zero-order valence-corrected chi connectivity index (χ0v) is 12.3. The molecule has 2 rings (SSSR count). The summed E-state index contributed by atoms with van der Waals surface area (Å²) in [5, 5.41) is 0. The van der Waals surface area contributed by atoms with Crippen LogP contribution < -0.4 is 5.73 Å². The number of nitrogens with two attached hydrogens (primary N) is 1. The highest BCUT2D eigenvalue weighted by molar-refractivity contribution is 7.90. The molecule has 1 saturated carbocycles. The van der Waals surface area contributed by atoms with Gasteiger partial charge in [0.25, 0.3) is 0 Å². The van der Waals surface area contributed by atoms with Crippen LogP contribution >= 0.6 is 0 Å². The van der Waals surface area contributed by atoms with Gasteiger partial charge >= 0.3 is 0 Å². The number of hydrogen-bond donors (Lipinski definition) is 1. The Morgan fingerprint density at radius 3 is 2.26 bits per heavy atom. The van der Waals surface area contributed by atoms with Gasteiger partial charge in [-0.15, -0.1) is 0 Å². The summed E-state index contributed by atoms with van der Waals surface area (Å²) >= 11 is 0. The van der Waals surface area contributed by atoms with Crippen LogP contribution in [0.1, 0.15) is 55.2 Å². The van der Waals surface area contributed by atoms with Gasteiger partial charge in [-0.3, -0.25) is 0 Å². The minimum atomic E-state index is -3.03. The van der Waals surface area contributed by atoms with Crippen molar-refractivity contribution in [2.75, 3.05) is 12.0 Å². The van der Waals surface area contributed by atoms with E-state index in [0.29, 0.717) is 5.92 Å². The van der Waals surface area contributed by atoms with Gasteiger partial charge in [-0.05, 0) is 29.9 Å². The Kier molecular flexibility index (Phi) is 4.63. The third-order valence-corrected chi connectivity index (χ3v) is 4.89. The predicted molar refractivity (Wildman–Crippen MR) is 78.9 cm³/mol. The van der Waals surface area contributed by atoms with Crippen LogP contribution in [0.15, 0.2) is 24.3 Å². The van der Waals surface area contributed by atoms with Crippen LogP contribution in [0.2, 0.25) is 0 Å². The molecule has 1 aliphatic rings. The molecule has 0 bridgehead atoms. The second-order valence-corrected chi connectivity index (χ2v) is 7.89. The quantitative estimate of drug-likeness (QED) is 0.923. The molecular formula is C15H23NO2S. The fraction of sp³-hybridized carbons (Fsp3) is 0.600. The monoisotopic (exact) mass is 281 g/mol. The van der Waals surface area contributed by atoms with Crippen LogP contribution in [-0.2, 0) is 9.84 Å². The van der Waals surface area contributed by atoms with Crippen LogP contribution in [0.25, 0.3) is 0 Å². The smallest absolute Gasteiger partial charge is 0.149 e. The minimum Gasteiger partial charge on any atom is -0.323 e. The van der Waals surface area contributed by atoms with E-state index in [1.54, 1.807) is 0 Å². The zero-order valence-electron chi connectivity index (χ0n) is 11.5. The lowest BCUT2D eigenvalue weighted by Gasteiger charge is -2.22. The van der Waals surface area contributed by atoms with Gasteiger partial charge in [0, 0.05) is 12.3 Å². The topological polar surface area (TPSA) is 60.2 Å². The third-order valence-electron chi connectivity index (χ3n) is 3.92. The number of benzene rings is 1. The third kappa shape index (κ3) is 4.32. The Morgan fingerprint density at radius 1 is 1.16 bits per heavy atom. The molecule has 0 spiro atoms. The highest BCUT2D eigenvalue weighted by Gasteiger charge is 2.17. The van der Waals surface area contributed by atoms with Gasteiger partial charge in [0.05, 0.1) is 5.75 Å². The Hall–Kier alpha value is -0.870. The molecule has 0 radical (unpaired) electrons. The van der Waals surface area contributed by atoms with E-state index >= 15 is 0 Å². The maximum absolute atomic E-state index is 11.2. The van der Waals surface area contributed by atoms with Crippen LogP contribution in [0.5, 0.6) is 0 Å². The van der Waals surface area contributed by atoms with Crippen molar-refractivity contribution in [2.45, 2.75) is 44.1 Å². The Morgan fingerprint density at radius 2 is 1.74 bits per heavy atom. The Bertz CT molecular complexity index is 501. The molecule has 1 atom stereocenters. The molecular weight excluding hydrogens is 258 g/mol. The van der Waals surface area contributed by atoms with Crippen molar-refractivity contribution in [1.29, 1.82) is 0 Å². The van der Waals surface area contributed by atoms with Crippen LogP contribution in [0.3, 0.4) is 0 Å². The van der Waals surface area contributed by atoms with E-state index < -0.39 is 15.9 Å². The normalized spacial score (nSPS) is 19.3. The Balaban J connectivity index is 2.05. The summed E-state index contributed by atoms with van der Waals surface area (Å²) in [6, 6.07) is 7.79. The molecule has 1 aromatic rings. The molecule has 3 nitrogen and oxygen atoms in total. The molecule has 1 aromatic carbocycles. The van der Waals surface area contributed by atoms with Gasteiger partial charge in [-0.25, -0.2) is 8.42 Å². The van der Waals surface area contributed by atoms with E-state index in [1.165, 1.54) is 43.9 Å². The van der Waals surface area contributed by atoms with Crippen molar-refractivity contribution < 1.29 is 8.42 Å². The van der Waals surface area contributed by atoms with Gasteiger partial charge in [0.1, 0.15) is 9.84 Å². The SMILES string of the molecule is CS(=O)(=O)CC(N)c1ccc(C2CCCCC2)cc1. The van der Waals surface area contributed by atoms with Gasteiger partial charge in [-0.1, -0.05) is 43.5 Å². The lowest BCUT2D eigenvalue weighted by atomic mass is 9.84. The Labute approximate surface area is 116 Å². The summed E-state index contributed by atoms with van der Waals surface area (Å²) < 4.78 is 22.5. The van der Waals surface area contributed by atoms with Gasteiger partial charge < -0.3 is 5.73 Å². The minimum absolute atomic E-state index is 0.00970. The van der Waals surface area contributed by atoms with E-state index in [-0.39, 0.29) is 5.75 Å². The molecule has 0 amide bonds. The predicted octanol–water partition coefficient (Wildman–Crippen LogP) is 2.78. The van der Waals surface area contributed by atoms with Crippen LogP contribution in [-0.4, -0.2) is 20.4 Å². The molecule has 0 saturated heterocycles. The average molecular weight is 281 g/mol. The summed E-state index contributed by atoms with van der Waals surface area (Å²) in [4.78, 5) is 0. The summed E-state index contributed by atoms with van der Waals surface area (Å²) in [5.41, 5.74) is 8.21. The molecule has 0 aromatic heterocycles. The van der Waals surface area contributed by atoms with Gasteiger partial charge in [0.15, 0.2) is 0 Å². The first-order valence-electron chi connectivity index (χ1n) is 6.99. The van der Waals surface area contributed by atoms with Crippen molar-refractivity contribution in [3.05, 3.63) is 35.4 Å². The van der Waals surface area contributed by atoms with E-state index in [0.717, 1.165) is 5.56 Å². The molecule has 1 aliphatic carbocycles. The van der Waals surface area contributed by atoms with Crippen LogP contribution in [0.4, 0.5) is 0 Å². The molecule has 4 heteroatoms. The summed E-state index contributed by atoms with van der Waals surface area (Å²) in [6.07, 6.45) is 7.76. The lowest BCUT2D eigenvalue weighted by molar-refractivity contribution is 0.443. The summed E-state index contributed by atoms with van der Waals surface area (Å²) in [6.45, 7) is 0. The molecule has 0 heterocycles. The molecule has 0 aliphatic heterocycles. The van der Waals surface area contributed by atoms with E-state index in [1.807, 2.05) is 12.1 Å². The average Bonchev–Trinajstić information content (AvgIpc) is 2.38. The molecule has 1 unspecified atom stereocenters. The fourth-order valence-corrected chi connectivity index (χ4v) is 3.72. The fourth-order valence-electron chi connectivity index (χ4n) is 2.87. The zero-order chi connectivity index (χ0) is 13.9. The molecule has 1 fully saturated rings. The van der Waals surface area contributed by atoms with Crippen molar-refractivity contribution in [3.8, 4) is 0 Å². The van der Waals surface area contributed by atoms with Gasteiger partial charge in [-0.2, -0.15) is 0 Å². The molecule has 19 heavy (non-hydrogen) atoms. The second-order valence-electron chi connectivity index (χ2n) is 5.70. The van der Waals surface area contributed by atoms with Crippen molar-refractivity contribution in [3.63, 3.8) is 0 Å². The van der Waals surface area contributed by atoms with Crippen molar-refractivity contribution in [1.82, 2.24) is 0 Å². The highest BCUT2D eigenvalue weighted by Crippen LogP contribution is 2.32. The second kappa shape index (κ2) is 6.06. The van der Waals surface area contributed by atoms with Crippen molar-refractivity contribution in [2.24, 2.45) is 5.73 Å². The first kappa shape index (κ1) is 14.5. The standard InChI is InChI=1S/C15H23NO2S/c1-19(17,18)11-15(16)14-9-7-13(8-10-14)12-5-3-2-4-6-12/h7-10,12,15H,2-6,11,16H2,1H3.